The molecule has 1 aromatic carbocycles. The SMILES string of the molecule is Cc1oc(-c2cccc(-c3nc(CCOS(C)(=O)=O)c(C)o3)c2)nc1CCOS(C)(=O)=O. The van der Waals surface area contributed by atoms with Crippen LogP contribution in [0.1, 0.15) is 22.9 Å². The van der Waals surface area contributed by atoms with Crippen LogP contribution in [0.4, 0.5) is 0 Å². The highest BCUT2D eigenvalue weighted by molar-refractivity contribution is 7.86. The molecule has 0 aliphatic rings. The lowest BCUT2D eigenvalue weighted by atomic mass is 10.1. The van der Waals surface area contributed by atoms with E-state index in [0.29, 0.717) is 58.7 Å². The van der Waals surface area contributed by atoms with Crippen LogP contribution in [-0.2, 0) is 41.4 Å². The highest BCUT2D eigenvalue weighted by atomic mass is 32.2. The minimum absolute atomic E-state index is 0.0207. The van der Waals surface area contributed by atoms with Crippen molar-refractivity contribution in [1.82, 2.24) is 9.97 Å². The molecule has 32 heavy (non-hydrogen) atoms. The van der Waals surface area contributed by atoms with E-state index in [1.807, 2.05) is 24.3 Å². The van der Waals surface area contributed by atoms with E-state index >= 15 is 0 Å². The lowest BCUT2D eigenvalue weighted by Crippen LogP contribution is -2.06. The molecule has 2 heterocycles. The molecule has 0 saturated carbocycles. The molecule has 0 aliphatic heterocycles. The minimum Gasteiger partial charge on any atom is -0.441 e. The third-order valence-electron chi connectivity index (χ3n) is 4.41. The largest absolute Gasteiger partial charge is 0.441 e. The molecule has 0 amide bonds. The third kappa shape index (κ3) is 6.73. The van der Waals surface area contributed by atoms with Gasteiger partial charge in [-0.3, -0.25) is 8.37 Å². The molecule has 0 saturated heterocycles. The summed E-state index contributed by atoms with van der Waals surface area (Å²) in [5.74, 6) is 1.90. The zero-order valence-electron chi connectivity index (χ0n) is 18.1. The summed E-state index contributed by atoms with van der Waals surface area (Å²) in [6, 6.07) is 7.26. The molecule has 3 aromatic rings. The first-order valence-corrected chi connectivity index (χ1v) is 13.3. The molecular weight excluding hydrogens is 460 g/mol. The lowest BCUT2D eigenvalue weighted by molar-refractivity contribution is 0.323. The standard InChI is InChI=1S/C20H24N2O8S2/c1-13-17(8-10-27-31(3,23)24)21-19(29-13)15-6-5-7-16(12-15)20-22-18(14(2)30-20)9-11-28-32(4,25)26/h5-7,12H,8-11H2,1-4H3. The molecule has 3 rings (SSSR count). The van der Waals surface area contributed by atoms with Crippen molar-refractivity contribution in [1.29, 1.82) is 0 Å². The molecule has 0 aliphatic carbocycles. The van der Waals surface area contributed by atoms with Gasteiger partial charge in [-0.25, -0.2) is 9.97 Å². The van der Waals surface area contributed by atoms with Crippen LogP contribution in [-0.4, -0.2) is 52.5 Å². The summed E-state index contributed by atoms with van der Waals surface area (Å²) in [5, 5.41) is 0. The monoisotopic (exact) mass is 484 g/mol. The van der Waals surface area contributed by atoms with Gasteiger partial charge < -0.3 is 8.83 Å². The van der Waals surface area contributed by atoms with Crippen molar-refractivity contribution in [2.24, 2.45) is 0 Å². The van der Waals surface area contributed by atoms with Gasteiger partial charge in [0.1, 0.15) is 11.5 Å². The highest BCUT2D eigenvalue weighted by Crippen LogP contribution is 2.28. The molecular formula is C20H24N2O8S2. The van der Waals surface area contributed by atoms with Crippen LogP contribution in [0.3, 0.4) is 0 Å². The summed E-state index contributed by atoms with van der Waals surface area (Å²) < 4.78 is 65.5. The number of rotatable bonds is 10. The van der Waals surface area contributed by atoms with Gasteiger partial charge in [0.25, 0.3) is 20.2 Å². The number of hydrogen-bond acceptors (Lipinski definition) is 10. The van der Waals surface area contributed by atoms with Crippen molar-refractivity contribution in [3.63, 3.8) is 0 Å². The summed E-state index contributed by atoms with van der Waals surface area (Å²) in [7, 11) is -7.03. The van der Waals surface area contributed by atoms with E-state index in [2.05, 4.69) is 9.97 Å². The first-order chi connectivity index (χ1) is 14.9. The number of nitrogens with zero attached hydrogens (tertiary/aromatic N) is 2. The van der Waals surface area contributed by atoms with Crippen molar-refractivity contribution in [2.75, 3.05) is 25.7 Å². The van der Waals surface area contributed by atoms with Gasteiger partial charge >= 0.3 is 0 Å². The quantitative estimate of drug-likeness (QED) is 0.395. The molecule has 174 valence electrons. The van der Waals surface area contributed by atoms with Crippen LogP contribution < -0.4 is 0 Å². The number of oxazole rings is 2. The van der Waals surface area contributed by atoms with Crippen molar-refractivity contribution < 1.29 is 34.0 Å². The molecule has 0 fully saturated rings. The maximum atomic E-state index is 11.1. The average molecular weight is 485 g/mol. The molecule has 0 radical (unpaired) electrons. The van der Waals surface area contributed by atoms with Gasteiger partial charge in [-0.15, -0.1) is 0 Å². The van der Waals surface area contributed by atoms with E-state index in [-0.39, 0.29) is 13.2 Å². The van der Waals surface area contributed by atoms with Crippen LogP contribution in [0.25, 0.3) is 22.9 Å². The predicted octanol–water partition coefficient (Wildman–Crippen LogP) is 2.65. The molecule has 0 unspecified atom stereocenters. The summed E-state index contributed by atoms with van der Waals surface area (Å²) in [4.78, 5) is 8.91. The average Bonchev–Trinajstić information content (AvgIpc) is 3.23. The Morgan fingerprint density at radius 1 is 0.781 bits per heavy atom. The fourth-order valence-electron chi connectivity index (χ4n) is 2.93. The summed E-state index contributed by atoms with van der Waals surface area (Å²) in [6.45, 7) is 3.46. The van der Waals surface area contributed by atoms with E-state index in [1.165, 1.54) is 0 Å². The van der Waals surface area contributed by atoms with Crippen molar-refractivity contribution in [3.8, 4) is 22.9 Å². The zero-order valence-corrected chi connectivity index (χ0v) is 19.7. The third-order valence-corrected chi connectivity index (χ3v) is 5.60. The number of aromatic nitrogens is 2. The second kappa shape index (κ2) is 9.53. The maximum absolute atomic E-state index is 11.1. The summed E-state index contributed by atoms with van der Waals surface area (Å²) >= 11 is 0. The Morgan fingerprint density at radius 3 is 1.56 bits per heavy atom. The Kier molecular flexibility index (Phi) is 7.18. The Hall–Kier alpha value is -2.54. The number of aryl methyl sites for hydroxylation is 2. The fourth-order valence-corrected chi connectivity index (χ4v) is 3.70. The minimum atomic E-state index is -3.52. The zero-order chi connectivity index (χ0) is 23.5. The number of hydrogen-bond donors (Lipinski definition) is 0. The molecule has 12 heteroatoms. The van der Waals surface area contributed by atoms with Crippen LogP contribution in [0, 0.1) is 13.8 Å². The molecule has 10 nitrogen and oxygen atoms in total. The van der Waals surface area contributed by atoms with Gasteiger partial charge in [0.2, 0.25) is 11.8 Å². The van der Waals surface area contributed by atoms with Crippen LogP contribution in [0.15, 0.2) is 33.1 Å². The Balaban J connectivity index is 1.76. The van der Waals surface area contributed by atoms with Crippen LogP contribution >= 0.6 is 0 Å². The van der Waals surface area contributed by atoms with Crippen LogP contribution in [0.2, 0.25) is 0 Å². The van der Waals surface area contributed by atoms with Gasteiger partial charge in [-0.1, -0.05) is 6.07 Å². The second-order valence-electron chi connectivity index (χ2n) is 7.18. The van der Waals surface area contributed by atoms with Gasteiger partial charge in [-0.05, 0) is 32.0 Å². The molecule has 0 N–H and O–H groups in total. The second-order valence-corrected chi connectivity index (χ2v) is 10.5. The van der Waals surface area contributed by atoms with E-state index in [4.69, 9.17) is 17.2 Å². The van der Waals surface area contributed by atoms with Crippen molar-refractivity contribution in [2.45, 2.75) is 26.7 Å². The van der Waals surface area contributed by atoms with Gasteiger partial charge in [0.15, 0.2) is 0 Å². The number of benzene rings is 1. The lowest BCUT2D eigenvalue weighted by Gasteiger charge is -1.99. The Bertz CT molecular complexity index is 1210. The van der Waals surface area contributed by atoms with Gasteiger partial charge in [-0.2, -0.15) is 16.8 Å². The van der Waals surface area contributed by atoms with E-state index in [0.717, 1.165) is 12.5 Å². The Morgan fingerprint density at radius 2 is 1.19 bits per heavy atom. The first-order valence-electron chi connectivity index (χ1n) is 9.63. The predicted molar refractivity (Wildman–Crippen MR) is 116 cm³/mol. The smallest absolute Gasteiger partial charge is 0.264 e. The highest BCUT2D eigenvalue weighted by Gasteiger charge is 2.16. The van der Waals surface area contributed by atoms with Gasteiger partial charge in [0.05, 0.1) is 37.1 Å². The fraction of sp³-hybridized carbons (Fsp3) is 0.400. The van der Waals surface area contributed by atoms with Crippen molar-refractivity contribution >= 4 is 20.2 Å². The Labute approximate surface area is 186 Å². The topological polar surface area (TPSA) is 139 Å². The van der Waals surface area contributed by atoms with Crippen molar-refractivity contribution in [3.05, 3.63) is 47.2 Å². The van der Waals surface area contributed by atoms with E-state index < -0.39 is 20.2 Å². The normalized spacial score (nSPS) is 12.4. The molecule has 0 bridgehead atoms. The summed E-state index contributed by atoms with van der Waals surface area (Å²) in [5.41, 5.74) is 2.60. The first kappa shape index (κ1) is 24.1. The van der Waals surface area contributed by atoms with E-state index in [1.54, 1.807) is 13.8 Å². The molecule has 2 aromatic heterocycles. The molecule has 0 spiro atoms. The van der Waals surface area contributed by atoms with E-state index in [9.17, 15) is 16.8 Å². The summed E-state index contributed by atoms with van der Waals surface area (Å²) in [6.07, 6.45) is 2.57. The van der Waals surface area contributed by atoms with Gasteiger partial charge in [0, 0.05) is 24.0 Å². The van der Waals surface area contributed by atoms with Crippen LogP contribution in [0.5, 0.6) is 0 Å². The molecule has 0 atom stereocenters. The maximum Gasteiger partial charge on any atom is 0.264 e.